The van der Waals surface area contributed by atoms with Gasteiger partial charge in [0.15, 0.2) is 0 Å². The Balaban J connectivity index is 1.70. The van der Waals surface area contributed by atoms with Crippen molar-refractivity contribution in [2.45, 2.75) is 57.7 Å². The number of hydrogen-bond acceptors (Lipinski definition) is 3. The SMILES string of the molecule is Cc1cnn(C[C@H]2CCCCN2C(=O)[C@@H]2CCCN2C)c1. The minimum atomic E-state index is 0.102. The molecule has 3 heterocycles. The number of piperidine rings is 1. The molecular formula is C16H26N4O. The van der Waals surface area contributed by atoms with Crippen molar-refractivity contribution in [3.8, 4) is 0 Å². The molecule has 0 unspecified atom stereocenters. The lowest BCUT2D eigenvalue weighted by molar-refractivity contribution is -0.139. The number of nitrogens with zero attached hydrogens (tertiary/aromatic N) is 4. The third kappa shape index (κ3) is 3.12. The maximum atomic E-state index is 12.9. The van der Waals surface area contributed by atoms with E-state index in [1.165, 1.54) is 12.0 Å². The molecule has 0 aliphatic carbocycles. The third-order valence-electron chi connectivity index (χ3n) is 4.88. The van der Waals surface area contributed by atoms with E-state index in [2.05, 4.69) is 35.1 Å². The van der Waals surface area contributed by atoms with Gasteiger partial charge in [0, 0.05) is 12.7 Å². The Morgan fingerprint density at radius 1 is 1.29 bits per heavy atom. The van der Waals surface area contributed by atoms with Gasteiger partial charge in [-0.3, -0.25) is 14.4 Å². The Bertz CT molecular complexity index is 498. The van der Waals surface area contributed by atoms with E-state index in [1.807, 2.05) is 10.9 Å². The van der Waals surface area contributed by atoms with Gasteiger partial charge in [0.05, 0.1) is 24.8 Å². The van der Waals surface area contributed by atoms with Crippen molar-refractivity contribution in [1.29, 1.82) is 0 Å². The summed E-state index contributed by atoms with van der Waals surface area (Å²) >= 11 is 0. The van der Waals surface area contributed by atoms with Gasteiger partial charge in [0.2, 0.25) is 5.91 Å². The smallest absolute Gasteiger partial charge is 0.240 e. The highest BCUT2D eigenvalue weighted by atomic mass is 16.2. The fourth-order valence-corrected chi connectivity index (χ4v) is 3.68. The topological polar surface area (TPSA) is 41.4 Å². The van der Waals surface area contributed by atoms with E-state index in [4.69, 9.17) is 0 Å². The molecule has 1 amide bonds. The molecule has 5 nitrogen and oxygen atoms in total. The summed E-state index contributed by atoms with van der Waals surface area (Å²) in [5.41, 5.74) is 1.18. The average Bonchev–Trinajstić information content (AvgIpc) is 3.07. The molecule has 0 aromatic carbocycles. The van der Waals surface area contributed by atoms with Crippen LogP contribution >= 0.6 is 0 Å². The number of aromatic nitrogens is 2. The summed E-state index contributed by atoms with van der Waals surface area (Å²) in [6, 6.07) is 0.407. The van der Waals surface area contributed by atoms with Gasteiger partial charge in [-0.25, -0.2) is 0 Å². The number of rotatable bonds is 3. The van der Waals surface area contributed by atoms with Crippen molar-refractivity contribution < 1.29 is 4.79 Å². The zero-order valence-electron chi connectivity index (χ0n) is 13.2. The van der Waals surface area contributed by atoms with Crippen LogP contribution < -0.4 is 0 Å². The molecule has 1 aromatic rings. The number of hydrogen-bond donors (Lipinski definition) is 0. The molecule has 3 rings (SSSR count). The van der Waals surface area contributed by atoms with Gasteiger partial charge in [-0.1, -0.05) is 0 Å². The molecule has 2 aliphatic rings. The number of likely N-dealkylation sites (N-methyl/N-ethyl adjacent to an activating group) is 1. The maximum Gasteiger partial charge on any atom is 0.240 e. The Morgan fingerprint density at radius 2 is 2.14 bits per heavy atom. The second-order valence-electron chi connectivity index (χ2n) is 6.56. The van der Waals surface area contributed by atoms with Crippen LogP contribution in [0.25, 0.3) is 0 Å². The zero-order chi connectivity index (χ0) is 14.8. The maximum absolute atomic E-state index is 12.9. The zero-order valence-corrected chi connectivity index (χ0v) is 13.2. The highest BCUT2D eigenvalue weighted by molar-refractivity contribution is 5.82. The van der Waals surface area contributed by atoms with E-state index in [9.17, 15) is 4.79 Å². The van der Waals surface area contributed by atoms with Crippen LogP contribution in [0, 0.1) is 6.92 Å². The van der Waals surface area contributed by atoms with Crippen LogP contribution in [-0.2, 0) is 11.3 Å². The number of amides is 1. The Morgan fingerprint density at radius 3 is 2.81 bits per heavy atom. The van der Waals surface area contributed by atoms with Crippen molar-refractivity contribution in [3.05, 3.63) is 18.0 Å². The molecule has 2 fully saturated rings. The van der Waals surface area contributed by atoms with Gasteiger partial charge in [0.1, 0.15) is 0 Å². The molecule has 0 radical (unpaired) electrons. The molecule has 2 aliphatic heterocycles. The van der Waals surface area contributed by atoms with E-state index >= 15 is 0 Å². The second-order valence-corrected chi connectivity index (χ2v) is 6.56. The second kappa shape index (κ2) is 6.18. The van der Waals surface area contributed by atoms with Crippen LogP contribution in [0.5, 0.6) is 0 Å². The van der Waals surface area contributed by atoms with Gasteiger partial charge in [-0.15, -0.1) is 0 Å². The van der Waals surface area contributed by atoms with Gasteiger partial charge >= 0.3 is 0 Å². The Hall–Kier alpha value is -1.36. The standard InChI is InChI=1S/C16H26N4O/c1-13-10-17-19(11-13)12-14-6-3-4-9-20(14)16(21)15-7-5-8-18(15)2/h10-11,14-15H,3-9,12H2,1-2H3/t14-,15+/m1/s1. The van der Waals surface area contributed by atoms with Crippen LogP contribution in [0.4, 0.5) is 0 Å². The Kier molecular flexibility index (Phi) is 4.29. The molecular weight excluding hydrogens is 264 g/mol. The highest BCUT2D eigenvalue weighted by Gasteiger charge is 2.35. The molecule has 21 heavy (non-hydrogen) atoms. The molecule has 0 spiro atoms. The molecule has 5 heteroatoms. The lowest BCUT2D eigenvalue weighted by Gasteiger charge is -2.38. The van der Waals surface area contributed by atoms with Crippen LogP contribution in [0.1, 0.15) is 37.7 Å². The van der Waals surface area contributed by atoms with Gasteiger partial charge in [-0.05, 0) is 58.2 Å². The van der Waals surface area contributed by atoms with E-state index in [-0.39, 0.29) is 6.04 Å². The van der Waals surface area contributed by atoms with Crippen LogP contribution in [0.3, 0.4) is 0 Å². The van der Waals surface area contributed by atoms with E-state index < -0.39 is 0 Å². The van der Waals surface area contributed by atoms with E-state index in [1.54, 1.807) is 0 Å². The largest absolute Gasteiger partial charge is 0.336 e. The molecule has 0 N–H and O–H groups in total. The number of aryl methyl sites for hydroxylation is 1. The summed E-state index contributed by atoms with van der Waals surface area (Å²) in [6.07, 6.45) is 9.56. The average molecular weight is 290 g/mol. The number of carbonyl (C=O) groups is 1. The third-order valence-corrected chi connectivity index (χ3v) is 4.88. The molecule has 1 aromatic heterocycles. The van der Waals surface area contributed by atoms with Gasteiger partial charge in [-0.2, -0.15) is 5.10 Å². The van der Waals surface area contributed by atoms with Gasteiger partial charge in [0.25, 0.3) is 0 Å². The van der Waals surface area contributed by atoms with E-state index in [0.717, 1.165) is 45.3 Å². The molecule has 0 saturated carbocycles. The molecule has 116 valence electrons. The van der Waals surface area contributed by atoms with Crippen molar-refractivity contribution in [2.24, 2.45) is 0 Å². The Labute approximate surface area is 126 Å². The first-order chi connectivity index (χ1) is 10.1. The summed E-state index contributed by atoms with van der Waals surface area (Å²) in [7, 11) is 2.07. The minimum Gasteiger partial charge on any atom is -0.336 e. The van der Waals surface area contributed by atoms with Crippen LogP contribution in [-0.4, -0.2) is 57.7 Å². The summed E-state index contributed by atoms with van der Waals surface area (Å²) in [5.74, 6) is 0.337. The number of carbonyl (C=O) groups excluding carboxylic acids is 1. The van der Waals surface area contributed by atoms with Gasteiger partial charge < -0.3 is 4.90 Å². The molecule has 2 saturated heterocycles. The molecule has 2 atom stereocenters. The predicted octanol–water partition coefficient (Wildman–Crippen LogP) is 1.67. The number of likely N-dealkylation sites (tertiary alicyclic amines) is 2. The summed E-state index contributed by atoms with van der Waals surface area (Å²) in [4.78, 5) is 17.2. The first-order valence-corrected chi connectivity index (χ1v) is 8.15. The lowest BCUT2D eigenvalue weighted by atomic mass is 10.0. The molecule has 0 bridgehead atoms. The summed E-state index contributed by atoms with van der Waals surface area (Å²) in [6.45, 7) is 4.85. The quantitative estimate of drug-likeness (QED) is 0.850. The minimum absolute atomic E-state index is 0.102. The van der Waals surface area contributed by atoms with Crippen molar-refractivity contribution in [3.63, 3.8) is 0 Å². The van der Waals surface area contributed by atoms with E-state index in [0.29, 0.717) is 11.9 Å². The van der Waals surface area contributed by atoms with Crippen LogP contribution in [0.2, 0.25) is 0 Å². The first-order valence-electron chi connectivity index (χ1n) is 8.15. The van der Waals surface area contributed by atoms with Crippen molar-refractivity contribution in [1.82, 2.24) is 19.6 Å². The van der Waals surface area contributed by atoms with Crippen molar-refractivity contribution >= 4 is 5.91 Å². The highest BCUT2D eigenvalue weighted by Crippen LogP contribution is 2.24. The van der Waals surface area contributed by atoms with Crippen molar-refractivity contribution in [2.75, 3.05) is 20.1 Å². The monoisotopic (exact) mass is 290 g/mol. The summed E-state index contributed by atoms with van der Waals surface area (Å²) < 4.78 is 1.99. The predicted molar refractivity (Wildman–Crippen MR) is 82.0 cm³/mol. The summed E-state index contributed by atoms with van der Waals surface area (Å²) in [5, 5.41) is 4.38. The fourth-order valence-electron chi connectivity index (χ4n) is 3.68. The fraction of sp³-hybridized carbons (Fsp3) is 0.750. The normalized spacial score (nSPS) is 27.2. The lowest BCUT2D eigenvalue weighted by Crippen LogP contribution is -2.52. The van der Waals surface area contributed by atoms with Crippen LogP contribution in [0.15, 0.2) is 12.4 Å². The first kappa shape index (κ1) is 14.6.